The van der Waals surface area contributed by atoms with Gasteiger partial charge in [0.2, 0.25) is 5.95 Å². The molecule has 3 rings (SSSR count). The number of anilines is 1. The summed E-state index contributed by atoms with van der Waals surface area (Å²) in [5.74, 6) is 0.755. The van der Waals surface area contributed by atoms with E-state index >= 15 is 0 Å². The van der Waals surface area contributed by atoms with Crippen molar-refractivity contribution in [2.24, 2.45) is 5.92 Å². The predicted octanol–water partition coefficient (Wildman–Crippen LogP) is 3.31. The summed E-state index contributed by atoms with van der Waals surface area (Å²) in [6.45, 7) is 2.05. The minimum Gasteiger partial charge on any atom is -0.368 e. The van der Waals surface area contributed by atoms with E-state index in [1.807, 2.05) is 24.3 Å². The van der Waals surface area contributed by atoms with Crippen molar-refractivity contribution in [2.45, 2.75) is 31.6 Å². The van der Waals surface area contributed by atoms with E-state index in [1.165, 1.54) is 6.42 Å². The molecule has 4 heteroatoms. The highest BCUT2D eigenvalue weighted by Crippen LogP contribution is 2.43. The summed E-state index contributed by atoms with van der Waals surface area (Å²) < 4.78 is 0. The third kappa shape index (κ3) is 2.36. The zero-order valence-electron chi connectivity index (χ0n) is 12.1. The highest BCUT2D eigenvalue weighted by Gasteiger charge is 2.39. The lowest BCUT2D eigenvalue weighted by atomic mass is 9.64. The number of hydrogen-bond donors (Lipinski definition) is 1. The summed E-state index contributed by atoms with van der Waals surface area (Å²) in [7, 11) is 0. The first-order valence-corrected chi connectivity index (χ1v) is 7.23. The van der Waals surface area contributed by atoms with Crippen molar-refractivity contribution in [3.05, 3.63) is 42.2 Å². The number of nitrogens with zero attached hydrogens (tertiary/aromatic N) is 3. The molecule has 1 aromatic heterocycles. The molecule has 21 heavy (non-hydrogen) atoms. The van der Waals surface area contributed by atoms with Crippen molar-refractivity contribution < 1.29 is 0 Å². The number of nitriles is 1. The van der Waals surface area contributed by atoms with Crippen LogP contribution in [0.25, 0.3) is 11.1 Å². The van der Waals surface area contributed by atoms with Gasteiger partial charge in [-0.3, -0.25) is 0 Å². The van der Waals surface area contributed by atoms with Crippen molar-refractivity contribution in [1.29, 1.82) is 5.26 Å². The summed E-state index contributed by atoms with van der Waals surface area (Å²) in [6.07, 6.45) is 6.97. The molecule has 0 spiro atoms. The van der Waals surface area contributed by atoms with Gasteiger partial charge in [-0.15, -0.1) is 0 Å². The summed E-state index contributed by atoms with van der Waals surface area (Å²) in [6, 6.07) is 10.7. The zero-order chi connectivity index (χ0) is 14.9. The minimum atomic E-state index is -0.381. The molecule has 1 aliphatic carbocycles. The van der Waals surface area contributed by atoms with Gasteiger partial charge in [0.25, 0.3) is 0 Å². The average molecular weight is 278 g/mol. The molecule has 0 unspecified atom stereocenters. The molecule has 0 aliphatic heterocycles. The summed E-state index contributed by atoms with van der Waals surface area (Å²) >= 11 is 0. The first-order chi connectivity index (χ1) is 10.1. The number of rotatable bonds is 3. The predicted molar refractivity (Wildman–Crippen MR) is 82.2 cm³/mol. The van der Waals surface area contributed by atoms with Gasteiger partial charge in [-0.05, 0) is 36.8 Å². The SMILES string of the molecule is C[C@@](C#N)(c1ccc(-c2cnc(N)nc2)cc1)C1CCC1. The maximum atomic E-state index is 9.61. The lowest BCUT2D eigenvalue weighted by Gasteiger charge is -2.38. The van der Waals surface area contributed by atoms with Crippen LogP contribution in [-0.2, 0) is 5.41 Å². The second kappa shape index (κ2) is 5.17. The average Bonchev–Trinajstić information content (AvgIpc) is 2.46. The Morgan fingerprint density at radius 3 is 2.24 bits per heavy atom. The van der Waals surface area contributed by atoms with E-state index in [4.69, 9.17) is 5.73 Å². The van der Waals surface area contributed by atoms with Gasteiger partial charge in [0.15, 0.2) is 0 Å². The van der Waals surface area contributed by atoms with E-state index in [0.717, 1.165) is 29.5 Å². The zero-order valence-corrected chi connectivity index (χ0v) is 12.1. The lowest BCUT2D eigenvalue weighted by molar-refractivity contribution is 0.223. The van der Waals surface area contributed by atoms with E-state index in [2.05, 4.69) is 23.0 Å². The fraction of sp³-hybridized carbons (Fsp3) is 0.353. The van der Waals surface area contributed by atoms with Gasteiger partial charge >= 0.3 is 0 Å². The van der Waals surface area contributed by atoms with Gasteiger partial charge in [-0.25, -0.2) is 9.97 Å². The number of hydrogen-bond acceptors (Lipinski definition) is 4. The van der Waals surface area contributed by atoms with Crippen LogP contribution in [0.15, 0.2) is 36.7 Å². The van der Waals surface area contributed by atoms with Crippen molar-refractivity contribution >= 4 is 5.95 Å². The molecule has 2 N–H and O–H groups in total. The molecule has 1 atom stereocenters. The molecule has 106 valence electrons. The molecule has 1 aromatic carbocycles. The minimum absolute atomic E-state index is 0.275. The molecule has 0 bridgehead atoms. The number of nitrogen functional groups attached to an aromatic ring is 1. The van der Waals surface area contributed by atoms with Crippen LogP contribution >= 0.6 is 0 Å². The van der Waals surface area contributed by atoms with Crippen molar-refractivity contribution in [3.63, 3.8) is 0 Å². The first-order valence-electron chi connectivity index (χ1n) is 7.23. The Morgan fingerprint density at radius 2 is 1.76 bits per heavy atom. The number of aromatic nitrogens is 2. The Morgan fingerprint density at radius 1 is 1.14 bits per heavy atom. The molecular formula is C17H18N4. The summed E-state index contributed by atoms with van der Waals surface area (Å²) in [4.78, 5) is 8.02. The van der Waals surface area contributed by atoms with E-state index in [-0.39, 0.29) is 11.4 Å². The van der Waals surface area contributed by atoms with Crippen LogP contribution < -0.4 is 5.73 Å². The Balaban J connectivity index is 1.90. The Bertz CT molecular complexity index is 665. The number of benzene rings is 1. The van der Waals surface area contributed by atoms with Crippen molar-refractivity contribution in [2.75, 3.05) is 5.73 Å². The van der Waals surface area contributed by atoms with E-state index < -0.39 is 0 Å². The van der Waals surface area contributed by atoms with Gasteiger partial charge in [0, 0.05) is 18.0 Å². The molecule has 1 saturated carbocycles. The summed E-state index contributed by atoms with van der Waals surface area (Å²) in [5.41, 5.74) is 8.18. The molecule has 0 saturated heterocycles. The van der Waals surface area contributed by atoms with Crippen LogP contribution in [0.4, 0.5) is 5.95 Å². The highest BCUT2D eigenvalue weighted by molar-refractivity contribution is 5.62. The van der Waals surface area contributed by atoms with Crippen LogP contribution in [-0.4, -0.2) is 9.97 Å². The fourth-order valence-electron chi connectivity index (χ4n) is 2.87. The van der Waals surface area contributed by atoms with E-state index in [0.29, 0.717) is 5.92 Å². The standard InChI is InChI=1S/C17H18N4/c1-17(11-18,14-3-2-4-14)15-7-5-12(6-8-15)13-9-20-16(19)21-10-13/h5-10,14H,2-4H2,1H3,(H2,19,20,21)/t17-/m0/s1. The molecule has 0 amide bonds. The van der Waals surface area contributed by atoms with Gasteiger partial charge in [-0.1, -0.05) is 30.7 Å². The Kier molecular flexibility index (Phi) is 3.34. The molecule has 2 aromatic rings. The van der Waals surface area contributed by atoms with Crippen LogP contribution in [0.2, 0.25) is 0 Å². The molecule has 0 radical (unpaired) electrons. The molecule has 4 nitrogen and oxygen atoms in total. The topological polar surface area (TPSA) is 75.6 Å². The third-order valence-electron chi connectivity index (χ3n) is 4.64. The summed E-state index contributed by atoms with van der Waals surface area (Å²) in [5, 5.41) is 9.61. The van der Waals surface area contributed by atoms with Crippen molar-refractivity contribution in [1.82, 2.24) is 9.97 Å². The molecular weight excluding hydrogens is 260 g/mol. The van der Waals surface area contributed by atoms with Gasteiger partial charge < -0.3 is 5.73 Å². The Hall–Kier alpha value is -2.41. The fourth-order valence-corrected chi connectivity index (χ4v) is 2.87. The molecule has 1 heterocycles. The van der Waals surface area contributed by atoms with Crippen LogP contribution in [0, 0.1) is 17.2 Å². The highest BCUT2D eigenvalue weighted by atomic mass is 15.0. The maximum absolute atomic E-state index is 9.61. The second-order valence-electron chi connectivity index (χ2n) is 5.85. The normalized spacial score (nSPS) is 17.5. The maximum Gasteiger partial charge on any atom is 0.219 e. The smallest absolute Gasteiger partial charge is 0.219 e. The quantitative estimate of drug-likeness (QED) is 0.934. The monoisotopic (exact) mass is 278 g/mol. The first kappa shape index (κ1) is 13.6. The van der Waals surface area contributed by atoms with Gasteiger partial charge in [-0.2, -0.15) is 5.26 Å². The van der Waals surface area contributed by atoms with Crippen LogP contribution in [0.5, 0.6) is 0 Å². The second-order valence-corrected chi connectivity index (χ2v) is 5.85. The van der Waals surface area contributed by atoms with E-state index in [1.54, 1.807) is 12.4 Å². The lowest BCUT2D eigenvalue weighted by Crippen LogP contribution is -2.35. The largest absolute Gasteiger partial charge is 0.368 e. The Labute approximate surface area is 124 Å². The van der Waals surface area contributed by atoms with Crippen LogP contribution in [0.1, 0.15) is 31.7 Å². The van der Waals surface area contributed by atoms with Gasteiger partial charge in [0.1, 0.15) is 0 Å². The third-order valence-corrected chi connectivity index (χ3v) is 4.64. The molecule has 1 aliphatic rings. The number of nitrogens with two attached hydrogens (primary N) is 1. The van der Waals surface area contributed by atoms with Crippen LogP contribution in [0.3, 0.4) is 0 Å². The van der Waals surface area contributed by atoms with Gasteiger partial charge in [0.05, 0.1) is 11.5 Å². The van der Waals surface area contributed by atoms with E-state index in [9.17, 15) is 5.26 Å². The van der Waals surface area contributed by atoms with Crippen molar-refractivity contribution in [3.8, 4) is 17.2 Å². The molecule has 1 fully saturated rings.